The summed E-state index contributed by atoms with van der Waals surface area (Å²) in [5, 5.41) is 3.39. The number of ether oxygens (including phenoxy) is 2. The number of guanidine groups is 1. The summed E-state index contributed by atoms with van der Waals surface area (Å²) >= 11 is 0. The fraction of sp³-hybridized carbons (Fsp3) is 0.938. The minimum atomic E-state index is 0.305. The van der Waals surface area contributed by atoms with Gasteiger partial charge in [0.2, 0.25) is 0 Å². The average molecular weight is 299 g/mol. The van der Waals surface area contributed by atoms with E-state index < -0.39 is 0 Å². The fourth-order valence-electron chi connectivity index (χ4n) is 2.46. The Morgan fingerprint density at radius 1 is 1.29 bits per heavy atom. The molecule has 0 bridgehead atoms. The number of nitrogens with zero attached hydrogens (tertiary/aromatic N) is 2. The summed E-state index contributed by atoms with van der Waals surface area (Å²) in [6.07, 6.45) is 3.89. The molecule has 21 heavy (non-hydrogen) atoms. The minimum Gasteiger partial charge on any atom is -0.379 e. The summed E-state index contributed by atoms with van der Waals surface area (Å²) in [5.41, 5.74) is 0. The molecule has 1 heterocycles. The minimum absolute atomic E-state index is 0.305. The van der Waals surface area contributed by atoms with Crippen LogP contribution in [0.1, 0.15) is 47.0 Å². The smallest absolute Gasteiger partial charge is 0.193 e. The summed E-state index contributed by atoms with van der Waals surface area (Å²) < 4.78 is 11.3. The molecule has 1 rings (SSSR count). The first-order chi connectivity index (χ1) is 10.2. The molecule has 0 radical (unpaired) electrons. The fourth-order valence-corrected chi connectivity index (χ4v) is 2.46. The molecule has 1 fully saturated rings. The Hall–Kier alpha value is -0.810. The summed E-state index contributed by atoms with van der Waals surface area (Å²) in [6.45, 7) is 13.7. The molecule has 1 N–H and O–H groups in total. The predicted molar refractivity (Wildman–Crippen MR) is 87.9 cm³/mol. The van der Waals surface area contributed by atoms with Gasteiger partial charge in [-0.25, -0.2) is 0 Å². The maximum Gasteiger partial charge on any atom is 0.193 e. The third-order valence-corrected chi connectivity index (χ3v) is 3.49. The molecule has 0 saturated carbocycles. The average Bonchev–Trinajstić information content (AvgIpc) is 2.47. The number of aliphatic imine (C=N–C) groups is 1. The van der Waals surface area contributed by atoms with E-state index in [4.69, 9.17) is 14.5 Å². The molecule has 0 unspecified atom stereocenters. The van der Waals surface area contributed by atoms with Crippen molar-refractivity contribution in [2.45, 2.75) is 59.2 Å². The summed E-state index contributed by atoms with van der Waals surface area (Å²) in [7, 11) is 0. The lowest BCUT2D eigenvalue weighted by molar-refractivity contribution is 0.0263. The summed E-state index contributed by atoms with van der Waals surface area (Å²) in [5.74, 6) is 1.04. The number of hydrogen-bond donors (Lipinski definition) is 1. The van der Waals surface area contributed by atoms with Crippen LogP contribution in [0, 0.1) is 0 Å². The maximum absolute atomic E-state index is 5.70. The van der Waals surface area contributed by atoms with Crippen LogP contribution in [0.3, 0.4) is 0 Å². The Bertz CT molecular complexity index is 287. The highest BCUT2D eigenvalue weighted by Crippen LogP contribution is 2.13. The van der Waals surface area contributed by atoms with Gasteiger partial charge in [0, 0.05) is 39.4 Å². The number of hydrogen-bond acceptors (Lipinski definition) is 3. The molecule has 0 aromatic carbocycles. The quantitative estimate of drug-likeness (QED) is 0.424. The van der Waals surface area contributed by atoms with Crippen LogP contribution in [0.15, 0.2) is 4.99 Å². The van der Waals surface area contributed by atoms with Crippen LogP contribution in [0.25, 0.3) is 0 Å². The number of rotatable bonds is 8. The molecule has 5 nitrogen and oxygen atoms in total. The molecule has 0 atom stereocenters. The zero-order valence-corrected chi connectivity index (χ0v) is 14.2. The zero-order valence-electron chi connectivity index (χ0n) is 14.2. The van der Waals surface area contributed by atoms with Gasteiger partial charge in [0.05, 0.1) is 12.2 Å². The monoisotopic (exact) mass is 299 g/mol. The maximum atomic E-state index is 5.70. The Morgan fingerprint density at radius 3 is 2.57 bits per heavy atom. The number of nitrogens with one attached hydrogen (secondary N) is 1. The van der Waals surface area contributed by atoms with E-state index in [0.29, 0.717) is 12.2 Å². The van der Waals surface area contributed by atoms with Crippen LogP contribution in [-0.4, -0.2) is 62.5 Å². The third kappa shape index (κ3) is 7.67. The lowest BCUT2D eigenvalue weighted by Crippen LogP contribution is -2.47. The highest BCUT2D eigenvalue weighted by atomic mass is 16.5. The molecule has 0 aromatic rings. The van der Waals surface area contributed by atoms with Crippen LogP contribution in [0.4, 0.5) is 0 Å². The molecular weight excluding hydrogens is 266 g/mol. The van der Waals surface area contributed by atoms with E-state index in [0.717, 1.165) is 64.6 Å². The van der Waals surface area contributed by atoms with E-state index in [2.05, 4.69) is 37.9 Å². The Kier molecular flexibility index (Phi) is 9.42. The van der Waals surface area contributed by atoms with E-state index in [1.54, 1.807) is 0 Å². The van der Waals surface area contributed by atoms with E-state index in [1.165, 1.54) is 0 Å². The van der Waals surface area contributed by atoms with E-state index in [1.807, 2.05) is 0 Å². The molecule has 124 valence electrons. The van der Waals surface area contributed by atoms with Crippen molar-refractivity contribution >= 4 is 5.96 Å². The van der Waals surface area contributed by atoms with Gasteiger partial charge in [-0.2, -0.15) is 0 Å². The van der Waals surface area contributed by atoms with Gasteiger partial charge in [0.1, 0.15) is 0 Å². The van der Waals surface area contributed by atoms with Gasteiger partial charge < -0.3 is 19.7 Å². The van der Waals surface area contributed by atoms with Crippen molar-refractivity contribution in [2.24, 2.45) is 4.99 Å². The molecule has 0 aromatic heterocycles. The first-order valence-electron chi connectivity index (χ1n) is 8.43. The van der Waals surface area contributed by atoms with Gasteiger partial charge in [0.25, 0.3) is 0 Å². The van der Waals surface area contributed by atoms with E-state index in [-0.39, 0.29) is 0 Å². The first kappa shape index (κ1) is 18.2. The van der Waals surface area contributed by atoms with Crippen LogP contribution in [0.2, 0.25) is 0 Å². The first-order valence-corrected chi connectivity index (χ1v) is 8.43. The Balaban J connectivity index is 2.35. The third-order valence-electron chi connectivity index (χ3n) is 3.49. The van der Waals surface area contributed by atoms with Gasteiger partial charge in [-0.1, -0.05) is 0 Å². The Labute approximate surface area is 130 Å². The molecule has 1 aliphatic heterocycles. The van der Waals surface area contributed by atoms with Crippen molar-refractivity contribution in [3.8, 4) is 0 Å². The van der Waals surface area contributed by atoms with Crippen molar-refractivity contribution in [1.29, 1.82) is 0 Å². The Morgan fingerprint density at radius 2 is 2.00 bits per heavy atom. The van der Waals surface area contributed by atoms with Crippen molar-refractivity contribution in [1.82, 2.24) is 10.2 Å². The lowest BCUT2D eigenvalue weighted by Gasteiger charge is -2.34. The van der Waals surface area contributed by atoms with Gasteiger partial charge in [-0.15, -0.1) is 0 Å². The molecule has 0 amide bonds. The van der Waals surface area contributed by atoms with Crippen LogP contribution >= 0.6 is 0 Å². The standard InChI is InChI=1S/C16H33N3O2/c1-5-17-16(18-10-7-13-21-14(3)4)19-11-8-15(9-12-19)20-6-2/h14-15H,5-13H2,1-4H3,(H,17,18). The van der Waals surface area contributed by atoms with Gasteiger partial charge in [0.15, 0.2) is 5.96 Å². The summed E-state index contributed by atoms with van der Waals surface area (Å²) in [6, 6.07) is 0. The van der Waals surface area contributed by atoms with E-state index in [9.17, 15) is 0 Å². The van der Waals surface area contributed by atoms with Crippen molar-refractivity contribution < 1.29 is 9.47 Å². The van der Waals surface area contributed by atoms with Crippen molar-refractivity contribution in [3.63, 3.8) is 0 Å². The zero-order chi connectivity index (χ0) is 15.5. The normalized spacial score (nSPS) is 17.6. The topological polar surface area (TPSA) is 46.1 Å². The lowest BCUT2D eigenvalue weighted by atomic mass is 10.1. The predicted octanol–water partition coefficient (Wildman–Crippen LogP) is 2.27. The molecule has 5 heteroatoms. The molecule has 0 spiro atoms. The molecule has 0 aliphatic carbocycles. The highest BCUT2D eigenvalue weighted by molar-refractivity contribution is 5.80. The van der Waals surface area contributed by atoms with Gasteiger partial charge in [-0.05, 0) is 47.0 Å². The number of piperidine rings is 1. The molecular formula is C16H33N3O2. The largest absolute Gasteiger partial charge is 0.379 e. The van der Waals surface area contributed by atoms with Crippen LogP contribution < -0.4 is 5.32 Å². The van der Waals surface area contributed by atoms with Gasteiger partial charge >= 0.3 is 0 Å². The second kappa shape index (κ2) is 10.9. The van der Waals surface area contributed by atoms with Crippen LogP contribution in [0.5, 0.6) is 0 Å². The van der Waals surface area contributed by atoms with Crippen LogP contribution in [-0.2, 0) is 9.47 Å². The second-order valence-electron chi connectivity index (χ2n) is 5.65. The number of likely N-dealkylation sites (tertiary alicyclic amines) is 1. The summed E-state index contributed by atoms with van der Waals surface area (Å²) in [4.78, 5) is 7.07. The molecule has 1 aliphatic rings. The second-order valence-corrected chi connectivity index (χ2v) is 5.65. The van der Waals surface area contributed by atoms with Gasteiger partial charge in [-0.3, -0.25) is 4.99 Å². The highest BCUT2D eigenvalue weighted by Gasteiger charge is 2.21. The molecule has 1 saturated heterocycles. The SMILES string of the molecule is CCNC(=NCCCOC(C)C)N1CCC(OCC)CC1. The van der Waals surface area contributed by atoms with Crippen molar-refractivity contribution in [3.05, 3.63) is 0 Å². The van der Waals surface area contributed by atoms with Crippen molar-refractivity contribution in [2.75, 3.05) is 39.4 Å². The van der Waals surface area contributed by atoms with E-state index >= 15 is 0 Å².